The van der Waals surface area contributed by atoms with E-state index < -0.39 is 80.5 Å². The molecule has 16 nitrogen and oxygen atoms in total. The van der Waals surface area contributed by atoms with E-state index in [4.69, 9.17) is 24.2 Å². The van der Waals surface area contributed by atoms with Crippen molar-refractivity contribution in [1.82, 2.24) is 35.2 Å². The van der Waals surface area contributed by atoms with Crippen molar-refractivity contribution in [3.63, 3.8) is 0 Å². The van der Waals surface area contributed by atoms with Gasteiger partial charge in [-0.25, -0.2) is 27.6 Å². The van der Waals surface area contributed by atoms with E-state index in [1.807, 2.05) is 18.2 Å². The Hall–Kier alpha value is -4.82. The number of hydrogen-bond acceptors (Lipinski definition) is 13. The van der Waals surface area contributed by atoms with Gasteiger partial charge in [0.15, 0.2) is 5.82 Å². The Morgan fingerprint density at radius 3 is 2.76 bits per heavy atom. The number of aliphatic hydroxyl groups is 1. The number of amides is 3. The quantitative estimate of drug-likeness (QED) is 0.147. The second-order valence-corrected chi connectivity index (χ2v) is 19.4. The van der Waals surface area contributed by atoms with Crippen LogP contribution in [0.4, 0.5) is 9.18 Å². The van der Waals surface area contributed by atoms with Crippen molar-refractivity contribution in [3.05, 3.63) is 60.6 Å². The van der Waals surface area contributed by atoms with Gasteiger partial charge >= 0.3 is 6.09 Å². The lowest BCUT2D eigenvalue weighted by Gasteiger charge is -2.31. The van der Waals surface area contributed by atoms with Crippen molar-refractivity contribution in [2.24, 2.45) is 5.92 Å². The number of fused-ring (bicyclic) bond motifs is 5. The number of hydrogen-bond donors (Lipinski definition) is 4. The molecule has 3 amide bonds. The lowest BCUT2D eigenvalue weighted by atomic mass is 10.1. The Morgan fingerprint density at radius 1 is 1.19 bits per heavy atom. The highest BCUT2D eigenvalue weighted by atomic mass is 32.2. The highest BCUT2D eigenvalue weighted by Gasteiger charge is 2.61. The van der Waals surface area contributed by atoms with Crippen molar-refractivity contribution in [3.8, 4) is 17.3 Å². The van der Waals surface area contributed by atoms with Gasteiger partial charge in [-0.2, -0.15) is 9.71 Å². The Bertz CT molecular complexity index is 2420. The summed E-state index contributed by atoms with van der Waals surface area (Å²) in [5, 5.41) is 17.1. The monoisotopic (exact) mass is 851 g/mol. The van der Waals surface area contributed by atoms with E-state index in [1.165, 1.54) is 28.4 Å². The molecule has 1 aromatic carbocycles. The maximum absolute atomic E-state index is 14.6. The first-order valence-corrected chi connectivity index (χ1v) is 22.0. The molecule has 0 spiro atoms. The van der Waals surface area contributed by atoms with E-state index in [9.17, 15) is 32.3 Å². The molecular formula is C40H46FN7O9S2. The van der Waals surface area contributed by atoms with Crippen molar-refractivity contribution >= 4 is 59.7 Å². The summed E-state index contributed by atoms with van der Waals surface area (Å²) in [5.41, 5.74) is -1.34. The van der Waals surface area contributed by atoms with E-state index in [-0.39, 0.29) is 44.3 Å². The van der Waals surface area contributed by atoms with Crippen LogP contribution in [-0.2, 0) is 29.1 Å². The maximum atomic E-state index is 14.6. The van der Waals surface area contributed by atoms with E-state index >= 15 is 0 Å². The average molecular weight is 852 g/mol. The minimum atomic E-state index is -3.85. The molecule has 4 aromatic rings. The molecule has 2 aliphatic carbocycles. The highest BCUT2D eigenvalue weighted by Crippen LogP contribution is 2.48. The number of thiophene rings is 1. The van der Waals surface area contributed by atoms with Crippen LogP contribution in [0.1, 0.15) is 59.3 Å². The van der Waals surface area contributed by atoms with Gasteiger partial charge in [0.2, 0.25) is 27.7 Å². The molecule has 2 unspecified atom stereocenters. The molecule has 314 valence electrons. The first kappa shape index (κ1) is 40.9. The van der Waals surface area contributed by atoms with Crippen LogP contribution in [0.5, 0.6) is 5.88 Å². The number of carbonyl (C=O) groups is 3. The first-order chi connectivity index (χ1) is 28.1. The smallest absolute Gasteiger partial charge is 0.408 e. The lowest BCUT2D eigenvalue weighted by Crippen LogP contribution is -2.60. The summed E-state index contributed by atoms with van der Waals surface area (Å²) < 4.78 is 61.3. The third kappa shape index (κ3) is 8.89. The number of benzene rings is 1. The number of pyridine rings is 1. The summed E-state index contributed by atoms with van der Waals surface area (Å²) in [4.78, 5) is 58.2. The zero-order valence-electron chi connectivity index (χ0n) is 32.7. The minimum absolute atomic E-state index is 0.0536. The number of nitrogens with zero attached hydrogens (tertiary/aromatic N) is 4. The van der Waals surface area contributed by atoms with Crippen LogP contribution in [0.15, 0.2) is 54.7 Å². The summed E-state index contributed by atoms with van der Waals surface area (Å²) in [6, 6.07) is 7.00. The van der Waals surface area contributed by atoms with Crippen molar-refractivity contribution in [1.29, 1.82) is 0 Å². The number of nitrogens with one attached hydrogen (secondary N) is 3. The molecule has 1 saturated heterocycles. The molecule has 5 heterocycles. The summed E-state index contributed by atoms with van der Waals surface area (Å²) >= 11 is 1.30. The van der Waals surface area contributed by atoms with Crippen molar-refractivity contribution in [2.45, 2.75) is 100 Å². The zero-order chi connectivity index (χ0) is 41.7. The molecule has 3 fully saturated rings. The second kappa shape index (κ2) is 16.0. The summed E-state index contributed by atoms with van der Waals surface area (Å²) in [6.07, 6.45) is 4.31. The first-order valence-electron chi connectivity index (χ1n) is 19.6. The highest BCUT2D eigenvalue weighted by molar-refractivity contribution is 7.90. The minimum Gasteiger partial charge on any atom is -0.471 e. The van der Waals surface area contributed by atoms with Crippen LogP contribution in [-0.4, -0.2) is 112 Å². The topological polar surface area (TPSA) is 211 Å². The normalized spacial score (nSPS) is 26.6. The predicted octanol–water partition coefficient (Wildman–Crippen LogP) is 3.93. The number of allylic oxidation sites excluding steroid dienone is 1. The fourth-order valence-corrected chi connectivity index (χ4v) is 10.0. The number of aliphatic hydroxyl groups excluding tert-OH is 1. The fraction of sp³-hybridized carbons (Fsp3) is 0.500. The Morgan fingerprint density at radius 2 is 2.00 bits per heavy atom. The number of carbonyl (C=O) groups excluding carboxylic acids is 3. The van der Waals surface area contributed by atoms with Crippen molar-refractivity contribution in [2.75, 3.05) is 19.8 Å². The molecule has 6 atom stereocenters. The average Bonchev–Trinajstić information content (AvgIpc) is 4.07. The van der Waals surface area contributed by atoms with E-state index in [0.29, 0.717) is 46.3 Å². The number of aromatic nitrogens is 3. The van der Waals surface area contributed by atoms with Gasteiger partial charge in [0.05, 0.1) is 29.5 Å². The second-order valence-electron chi connectivity index (χ2n) is 16.4. The van der Waals surface area contributed by atoms with E-state index in [1.54, 1.807) is 45.2 Å². The van der Waals surface area contributed by atoms with Crippen LogP contribution in [0.2, 0.25) is 0 Å². The molecular weight excluding hydrogens is 806 g/mol. The van der Waals surface area contributed by atoms with Gasteiger partial charge < -0.3 is 34.9 Å². The Labute approximate surface area is 344 Å². The van der Waals surface area contributed by atoms with Crippen LogP contribution in [0, 0.1) is 11.7 Å². The number of alkyl carbamates (subject to hydrolysis) is 1. The molecule has 4 N–H and O–H groups in total. The Kier molecular flexibility index (Phi) is 11.1. The van der Waals surface area contributed by atoms with Crippen LogP contribution < -0.4 is 20.1 Å². The molecule has 19 heteroatoms. The SMILES string of the molecule is CC(C)(C)OC(=O)N[C@H]1COCCC/C=C\[C@@H]2C[C@@]2(C(O)NS(=O)(=O)C2CC2)NC(=O)[C@@H]2CC(Oc3nc(-c4cccc(F)c4)nc4c3sc3ncccc34)CN2C1=O. The summed E-state index contributed by atoms with van der Waals surface area (Å²) in [7, 11) is -3.85. The largest absolute Gasteiger partial charge is 0.471 e. The number of ether oxygens (including phenoxy) is 3. The Balaban J connectivity index is 1.15. The van der Waals surface area contributed by atoms with Gasteiger partial charge in [0.25, 0.3) is 0 Å². The summed E-state index contributed by atoms with van der Waals surface area (Å²) in [6.45, 7) is 4.96. The molecule has 59 heavy (non-hydrogen) atoms. The number of rotatable bonds is 8. The van der Waals surface area contributed by atoms with Gasteiger partial charge in [-0.1, -0.05) is 24.3 Å². The van der Waals surface area contributed by atoms with Crippen molar-refractivity contribution < 1.29 is 46.5 Å². The van der Waals surface area contributed by atoms with E-state index in [2.05, 4.69) is 20.3 Å². The maximum Gasteiger partial charge on any atom is 0.408 e. The zero-order valence-corrected chi connectivity index (χ0v) is 34.4. The molecule has 2 saturated carbocycles. The summed E-state index contributed by atoms with van der Waals surface area (Å²) in [5.74, 6) is -1.87. The molecule has 0 bridgehead atoms. The van der Waals surface area contributed by atoms with Crippen LogP contribution in [0.25, 0.3) is 31.8 Å². The number of sulfonamides is 1. The third-order valence-corrected chi connectivity index (χ3v) is 13.7. The molecule has 8 rings (SSSR count). The fourth-order valence-electron chi connectivity index (χ4n) is 7.53. The predicted molar refractivity (Wildman–Crippen MR) is 215 cm³/mol. The van der Waals surface area contributed by atoms with Gasteiger partial charge in [0, 0.05) is 36.1 Å². The molecule has 2 aliphatic heterocycles. The molecule has 0 radical (unpaired) electrons. The molecule has 3 aromatic heterocycles. The van der Waals surface area contributed by atoms with Gasteiger partial charge in [-0.15, -0.1) is 11.3 Å². The standard InChI is InChI=1S/C40H46FN7O9S2/c1-39(2,3)57-38(52)43-28-21-55-16-6-4-5-10-23-19-40(23,37(51)47-59(53,54)26-13-14-26)46-33(49)29-18-25(20-48(29)36(28)50)56-34-31-30(27-12-8-15-42-35(27)58-31)44-32(45-34)22-9-7-11-24(41)17-22/h5,7-12,15,17,23,25-26,28-29,37,47,51H,4,6,13-14,16,18-21H2,1-3H3,(H,43,52)(H,46,49)/b10-5-/t23-,25?,28+,29+,37?,40-/m1/s1. The van der Waals surface area contributed by atoms with Crippen LogP contribution >= 0.6 is 11.3 Å². The van der Waals surface area contributed by atoms with Gasteiger partial charge in [-0.3, -0.25) is 9.59 Å². The third-order valence-electron chi connectivity index (χ3n) is 10.7. The van der Waals surface area contributed by atoms with Gasteiger partial charge in [-0.05, 0) is 77.1 Å². The van der Waals surface area contributed by atoms with Gasteiger partial charge in [0.1, 0.15) is 45.4 Å². The number of halogens is 1. The molecule has 4 aliphatic rings. The van der Waals surface area contributed by atoms with Crippen LogP contribution in [0.3, 0.4) is 0 Å². The lowest BCUT2D eigenvalue weighted by molar-refractivity contribution is -0.142. The van der Waals surface area contributed by atoms with E-state index in [0.717, 1.165) is 5.39 Å².